The Labute approximate surface area is 177 Å². The van der Waals surface area contributed by atoms with Gasteiger partial charge in [0.05, 0.1) is 5.56 Å². The van der Waals surface area contributed by atoms with Gasteiger partial charge in [0, 0.05) is 29.0 Å². The van der Waals surface area contributed by atoms with Crippen molar-refractivity contribution >= 4 is 40.7 Å². The molecule has 0 aliphatic heterocycles. The standard InChI is InChI=1S/C21H16Cl2FN3O2/c22-16-5-3-6-17(10-16)26-20(28)13-27(12-15-4-1-2-7-18(15)24)21(29)14-8-9-19(23)25-11-14/h1-11H,12-13H2,(H,26,28). The lowest BCUT2D eigenvalue weighted by atomic mass is 10.1. The van der Waals surface area contributed by atoms with Crippen LogP contribution in [-0.2, 0) is 11.3 Å². The van der Waals surface area contributed by atoms with Crippen molar-refractivity contribution in [1.29, 1.82) is 0 Å². The predicted molar refractivity (Wildman–Crippen MR) is 110 cm³/mol. The number of aromatic nitrogens is 1. The summed E-state index contributed by atoms with van der Waals surface area (Å²) in [6.07, 6.45) is 1.31. The third-order valence-corrected chi connectivity index (χ3v) is 4.48. The van der Waals surface area contributed by atoms with Gasteiger partial charge in [-0.15, -0.1) is 0 Å². The zero-order chi connectivity index (χ0) is 20.8. The van der Waals surface area contributed by atoms with E-state index in [4.69, 9.17) is 23.2 Å². The number of carbonyl (C=O) groups excluding carboxylic acids is 2. The fourth-order valence-corrected chi connectivity index (χ4v) is 2.96. The van der Waals surface area contributed by atoms with Crippen LogP contribution in [0.2, 0.25) is 10.2 Å². The quantitative estimate of drug-likeness (QED) is 0.569. The maximum atomic E-state index is 14.1. The van der Waals surface area contributed by atoms with Gasteiger partial charge in [-0.2, -0.15) is 0 Å². The van der Waals surface area contributed by atoms with Crippen molar-refractivity contribution in [2.75, 3.05) is 11.9 Å². The summed E-state index contributed by atoms with van der Waals surface area (Å²) in [6.45, 7) is -0.376. The zero-order valence-electron chi connectivity index (χ0n) is 15.1. The fraction of sp³-hybridized carbons (Fsp3) is 0.0952. The average molecular weight is 432 g/mol. The van der Waals surface area contributed by atoms with Crippen LogP contribution < -0.4 is 5.32 Å². The van der Waals surface area contributed by atoms with Gasteiger partial charge in [-0.1, -0.05) is 47.5 Å². The molecular weight excluding hydrogens is 416 g/mol. The Morgan fingerprint density at radius 1 is 1.03 bits per heavy atom. The lowest BCUT2D eigenvalue weighted by Gasteiger charge is -2.22. The van der Waals surface area contributed by atoms with Gasteiger partial charge < -0.3 is 10.2 Å². The summed E-state index contributed by atoms with van der Waals surface area (Å²) in [7, 11) is 0. The largest absolute Gasteiger partial charge is 0.325 e. The summed E-state index contributed by atoms with van der Waals surface area (Å²) in [5.41, 5.74) is 1.02. The van der Waals surface area contributed by atoms with Gasteiger partial charge in [0.15, 0.2) is 0 Å². The van der Waals surface area contributed by atoms with Gasteiger partial charge in [0.2, 0.25) is 5.91 Å². The smallest absolute Gasteiger partial charge is 0.256 e. The number of benzene rings is 2. The molecule has 0 aliphatic carbocycles. The molecular formula is C21H16Cl2FN3O2. The van der Waals surface area contributed by atoms with Crippen LogP contribution in [0.3, 0.4) is 0 Å². The lowest BCUT2D eigenvalue weighted by Crippen LogP contribution is -2.37. The van der Waals surface area contributed by atoms with Crippen molar-refractivity contribution in [3.63, 3.8) is 0 Å². The fourth-order valence-electron chi connectivity index (χ4n) is 2.66. The van der Waals surface area contributed by atoms with Crippen LogP contribution >= 0.6 is 23.2 Å². The molecule has 0 aliphatic rings. The second-order valence-corrected chi connectivity index (χ2v) is 7.00. The molecule has 148 valence electrons. The predicted octanol–water partition coefficient (Wildman–Crippen LogP) is 4.81. The first-order valence-corrected chi connectivity index (χ1v) is 9.37. The number of nitrogens with one attached hydrogen (secondary N) is 1. The van der Waals surface area contributed by atoms with Crippen molar-refractivity contribution in [1.82, 2.24) is 9.88 Å². The molecule has 0 bridgehead atoms. The van der Waals surface area contributed by atoms with E-state index in [2.05, 4.69) is 10.3 Å². The Bertz CT molecular complexity index is 1030. The van der Waals surface area contributed by atoms with Crippen molar-refractivity contribution in [3.8, 4) is 0 Å². The molecule has 0 fully saturated rings. The topological polar surface area (TPSA) is 62.3 Å². The third-order valence-electron chi connectivity index (χ3n) is 4.02. The second-order valence-electron chi connectivity index (χ2n) is 6.18. The molecule has 0 saturated heterocycles. The molecule has 0 radical (unpaired) electrons. The molecule has 1 aromatic heterocycles. The minimum atomic E-state index is -0.473. The van der Waals surface area contributed by atoms with Gasteiger partial charge in [-0.25, -0.2) is 9.37 Å². The van der Waals surface area contributed by atoms with E-state index in [9.17, 15) is 14.0 Å². The van der Waals surface area contributed by atoms with Crippen LogP contribution in [0.25, 0.3) is 0 Å². The maximum absolute atomic E-state index is 14.1. The molecule has 1 heterocycles. The number of nitrogens with zero attached hydrogens (tertiary/aromatic N) is 2. The molecule has 0 unspecified atom stereocenters. The Morgan fingerprint density at radius 2 is 1.83 bits per heavy atom. The first-order chi connectivity index (χ1) is 13.9. The zero-order valence-corrected chi connectivity index (χ0v) is 16.6. The SMILES string of the molecule is O=C(CN(Cc1ccccc1F)C(=O)c1ccc(Cl)nc1)Nc1cccc(Cl)c1. The number of halogens is 3. The first kappa shape index (κ1) is 20.8. The molecule has 8 heteroatoms. The summed E-state index contributed by atoms with van der Waals surface area (Å²) in [5.74, 6) is -1.38. The number of amides is 2. The minimum absolute atomic E-state index is 0.0862. The summed E-state index contributed by atoms with van der Waals surface area (Å²) >= 11 is 11.7. The van der Waals surface area contributed by atoms with E-state index >= 15 is 0 Å². The molecule has 3 rings (SSSR count). The molecule has 0 spiro atoms. The van der Waals surface area contributed by atoms with Crippen LogP contribution in [0, 0.1) is 5.82 Å². The Balaban J connectivity index is 1.81. The van der Waals surface area contributed by atoms with Crippen LogP contribution in [0.15, 0.2) is 66.9 Å². The van der Waals surface area contributed by atoms with E-state index in [1.54, 1.807) is 42.5 Å². The molecule has 2 aromatic carbocycles. The van der Waals surface area contributed by atoms with Crippen molar-refractivity contribution < 1.29 is 14.0 Å². The second kappa shape index (κ2) is 9.49. The highest BCUT2D eigenvalue weighted by Crippen LogP contribution is 2.17. The highest BCUT2D eigenvalue weighted by Gasteiger charge is 2.21. The first-order valence-electron chi connectivity index (χ1n) is 8.62. The Morgan fingerprint density at radius 3 is 2.52 bits per heavy atom. The number of rotatable bonds is 6. The highest BCUT2D eigenvalue weighted by molar-refractivity contribution is 6.31. The number of hydrogen-bond donors (Lipinski definition) is 1. The summed E-state index contributed by atoms with van der Waals surface area (Å²) in [6, 6.07) is 15.7. The monoisotopic (exact) mass is 431 g/mol. The van der Waals surface area contributed by atoms with Crippen LogP contribution in [0.4, 0.5) is 10.1 Å². The van der Waals surface area contributed by atoms with Crippen molar-refractivity contribution in [2.24, 2.45) is 0 Å². The molecule has 29 heavy (non-hydrogen) atoms. The van der Waals surface area contributed by atoms with Gasteiger partial charge in [0.1, 0.15) is 17.5 Å². The van der Waals surface area contributed by atoms with Crippen LogP contribution in [-0.4, -0.2) is 28.2 Å². The van der Waals surface area contributed by atoms with Crippen molar-refractivity contribution in [2.45, 2.75) is 6.54 Å². The Kier molecular flexibility index (Phi) is 6.80. The Hall–Kier alpha value is -2.96. The highest BCUT2D eigenvalue weighted by atomic mass is 35.5. The van der Waals surface area contributed by atoms with Crippen molar-refractivity contribution in [3.05, 3.63) is 94.0 Å². The van der Waals surface area contributed by atoms with E-state index in [1.165, 1.54) is 29.3 Å². The molecule has 3 aromatic rings. The maximum Gasteiger partial charge on any atom is 0.256 e. The summed E-state index contributed by atoms with van der Waals surface area (Å²) in [4.78, 5) is 30.6. The molecule has 5 nitrogen and oxygen atoms in total. The summed E-state index contributed by atoms with van der Waals surface area (Å²) in [5, 5.41) is 3.39. The number of pyridine rings is 1. The summed E-state index contributed by atoms with van der Waals surface area (Å²) < 4.78 is 14.1. The van der Waals surface area contributed by atoms with Gasteiger partial charge >= 0.3 is 0 Å². The van der Waals surface area contributed by atoms with Gasteiger partial charge in [-0.3, -0.25) is 9.59 Å². The van der Waals surface area contributed by atoms with Gasteiger partial charge in [-0.05, 0) is 36.4 Å². The number of anilines is 1. The van der Waals surface area contributed by atoms with E-state index in [0.717, 1.165) is 0 Å². The van der Waals surface area contributed by atoms with E-state index < -0.39 is 17.6 Å². The average Bonchev–Trinajstić information content (AvgIpc) is 2.69. The van der Waals surface area contributed by atoms with Gasteiger partial charge in [0.25, 0.3) is 5.91 Å². The van der Waals surface area contributed by atoms with E-state index in [0.29, 0.717) is 16.3 Å². The van der Waals surface area contributed by atoms with E-state index in [1.807, 2.05) is 0 Å². The molecule has 0 saturated carbocycles. The third kappa shape index (κ3) is 5.76. The molecule has 1 N–H and O–H groups in total. The number of carbonyl (C=O) groups is 2. The normalized spacial score (nSPS) is 10.4. The van der Waals surface area contributed by atoms with Crippen LogP contribution in [0.5, 0.6) is 0 Å². The van der Waals surface area contributed by atoms with Crippen LogP contribution in [0.1, 0.15) is 15.9 Å². The number of hydrogen-bond acceptors (Lipinski definition) is 3. The molecule has 2 amide bonds. The van der Waals surface area contributed by atoms with E-state index in [-0.39, 0.29) is 23.8 Å². The minimum Gasteiger partial charge on any atom is -0.325 e. The lowest BCUT2D eigenvalue weighted by molar-refractivity contribution is -0.117. The molecule has 0 atom stereocenters.